The van der Waals surface area contributed by atoms with Crippen molar-refractivity contribution in [2.24, 2.45) is 0 Å². The van der Waals surface area contributed by atoms with Gasteiger partial charge in [0.1, 0.15) is 4.21 Å². The van der Waals surface area contributed by atoms with Gasteiger partial charge < -0.3 is 5.32 Å². The summed E-state index contributed by atoms with van der Waals surface area (Å²) in [5.41, 5.74) is 2.87. The van der Waals surface area contributed by atoms with E-state index in [0.717, 1.165) is 29.1 Å². The molecule has 1 aromatic heterocycles. The second-order valence-electron chi connectivity index (χ2n) is 4.52. The first-order chi connectivity index (χ1) is 9.04. The molecule has 0 amide bonds. The highest BCUT2D eigenvalue weighted by Gasteiger charge is 2.17. The minimum absolute atomic E-state index is 0.351. The van der Waals surface area contributed by atoms with Crippen LogP contribution in [0.2, 0.25) is 0 Å². The summed E-state index contributed by atoms with van der Waals surface area (Å²) < 4.78 is 27.4. The van der Waals surface area contributed by atoms with Gasteiger partial charge in [-0.3, -0.25) is 4.72 Å². The monoisotopic (exact) mass is 294 g/mol. The van der Waals surface area contributed by atoms with E-state index in [4.69, 9.17) is 0 Å². The molecule has 0 aliphatic carbocycles. The van der Waals surface area contributed by atoms with Gasteiger partial charge in [0.25, 0.3) is 10.0 Å². The van der Waals surface area contributed by atoms with E-state index in [0.29, 0.717) is 9.90 Å². The van der Waals surface area contributed by atoms with Gasteiger partial charge in [-0.1, -0.05) is 0 Å². The average Bonchev–Trinajstić information content (AvgIpc) is 2.96. The van der Waals surface area contributed by atoms with Crippen molar-refractivity contribution in [2.75, 3.05) is 16.6 Å². The second-order valence-corrected chi connectivity index (χ2v) is 7.72. The van der Waals surface area contributed by atoms with Crippen LogP contribution in [0.15, 0.2) is 34.5 Å². The lowest BCUT2D eigenvalue weighted by Crippen LogP contribution is -2.11. The van der Waals surface area contributed by atoms with E-state index in [2.05, 4.69) is 10.0 Å². The number of thiophene rings is 1. The van der Waals surface area contributed by atoms with E-state index in [-0.39, 0.29) is 0 Å². The quantitative estimate of drug-likeness (QED) is 0.915. The van der Waals surface area contributed by atoms with Crippen LogP contribution in [-0.2, 0) is 16.4 Å². The fraction of sp³-hybridized carbons (Fsp3) is 0.231. The molecule has 100 valence electrons. The van der Waals surface area contributed by atoms with Crippen molar-refractivity contribution in [3.8, 4) is 0 Å². The van der Waals surface area contributed by atoms with Crippen molar-refractivity contribution in [3.63, 3.8) is 0 Å². The highest BCUT2D eigenvalue weighted by atomic mass is 32.2. The molecule has 1 aliphatic heterocycles. The summed E-state index contributed by atoms with van der Waals surface area (Å²) in [6.07, 6.45) is 0.934. The Morgan fingerprint density at radius 1 is 1.26 bits per heavy atom. The summed E-state index contributed by atoms with van der Waals surface area (Å²) in [5, 5.41) is 3.25. The second kappa shape index (κ2) is 4.54. The van der Waals surface area contributed by atoms with Crippen molar-refractivity contribution in [1.82, 2.24) is 0 Å². The van der Waals surface area contributed by atoms with Gasteiger partial charge in [0, 0.05) is 22.8 Å². The molecule has 0 fully saturated rings. The zero-order valence-electron chi connectivity index (χ0n) is 10.4. The van der Waals surface area contributed by atoms with E-state index >= 15 is 0 Å². The van der Waals surface area contributed by atoms with E-state index in [1.807, 2.05) is 25.1 Å². The molecule has 19 heavy (non-hydrogen) atoms. The summed E-state index contributed by atoms with van der Waals surface area (Å²) in [5.74, 6) is 0. The lowest BCUT2D eigenvalue weighted by atomic mass is 10.1. The van der Waals surface area contributed by atoms with E-state index < -0.39 is 10.0 Å². The lowest BCUT2D eigenvalue weighted by Gasteiger charge is -2.08. The first kappa shape index (κ1) is 12.5. The summed E-state index contributed by atoms with van der Waals surface area (Å²) in [6, 6.07) is 9.05. The van der Waals surface area contributed by atoms with Gasteiger partial charge in [0.2, 0.25) is 0 Å². The topological polar surface area (TPSA) is 58.2 Å². The largest absolute Gasteiger partial charge is 0.384 e. The van der Waals surface area contributed by atoms with Gasteiger partial charge in [-0.2, -0.15) is 0 Å². The molecular weight excluding hydrogens is 280 g/mol. The van der Waals surface area contributed by atoms with Crippen LogP contribution >= 0.6 is 11.3 Å². The molecule has 2 N–H and O–H groups in total. The third-order valence-electron chi connectivity index (χ3n) is 3.05. The number of hydrogen-bond donors (Lipinski definition) is 2. The molecule has 2 heterocycles. The van der Waals surface area contributed by atoms with Gasteiger partial charge in [-0.05, 0) is 49.2 Å². The molecule has 1 aliphatic rings. The lowest BCUT2D eigenvalue weighted by molar-refractivity contribution is 0.603. The molecule has 0 radical (unpaired) electrons. The van der Waals surface area contributed by atoms with Crippen molar-refractivity contribution >= 4 is 32.7 Å². The zero-order valence-corrected chi connectivity index (χ0v) is 12.1. The number of fused-ring (bicyclic) bond motifs is 1. The molecule has 3 rings (SSSR count). The Morgan fingerprint density at radius 2 is 2.11 bits per heavy atom. The van der Waals surface area contributed by atoms with Crippen molar-refractivity contribution in [1.29, 1.82) is 0 Å². The molecular formula is C13H14N2O2S2. The molecule has 6 heteroatoms. The van der Waals surface area contributed by atoms with E-state index in [1.54, 1.807) is 12.1 Å². The number of sulfonamides is 1. The van der Waals surface area contributed by atoms with Crippen LogP contribution in [0.25, 0.3) is 0 Å². The normalized spacial score (nSPS) is 13.9. The number of benzene rings is 1. The summed E-state index contributed by atoms with van der Waals surface area (Å²) in [4.78, 5) is 0.985. The minimum atomic E-state index is -3.46. The Hall–Kier alpha value is -1.53. The third-order valence-corrected chi connectivity index (χ3v) is 5.92. The highest BCUT2D eigenvalue weighted by Crippen LogP contribution is 2.28. The maximum absolute atomic E-state index is 12.2. The van der Waals surface area contributed by atoms with Crippen LogP contribution in [0.5, 0.6) is 0 Å². The maximum atomic E-state index is 12.2. The average molecular weight is 294 g/mol. The number of nitrogens with one attached hydrogen (secondary N) is 2. The highest BCUT2D eigenvalue weighted by molar-refractivity contribution is 7.94. The Kier molecular flexibility index (Phi) is 2.99. The molecule has 0 saturated carbocycles. The van der Waals surface area contributed by atoms with Crippen LogP contribution in [-0.4, -0.2) is 15.0 Å². The van der Waals surface area contributed by atoms with E-state index in [1.165, 1.54) is 11.3 Å². The number of aryl methyl sites for hydroxylation is 1. The SMILES string of the molecule is Cc1ccc(S(=O)(=O)Nc2ccc3c(c2)CCN3)s1. The summed E-state index contributed by atoms with van der Waals surface area (Å²) in [7, 11) is -3.46. The standard InChI is InChI=1S/C13H14N2O2S2/c1-9-2-5-13(18-9)19(16,17)15-11-3-4-12-10(8-11)6-7-14-12/h2-5,8,14-15H,6-7H2,1H3. The van der Waals surface area contributed by atoms with Gasteiger partial charge >= 0.3 is 0 Å². The fourth-order valence-electron chi connectivity index (χ4n) is 2.13. The van der Waals surface area contributed by atoms with Crippen LogP contribution < -0.4 is 10.0 Å². The molecule has 0 saturated heterocycles. The smallest absolute Gasteiger partial charge is 0.271 e. The Balaban J connectivity index is 1.89. The predicted octanol–water partition coefficient (Wildman–Crippen LogP) is 2.83. The number of anilines is 2. The third kappa shape index (κ3) is 2.46. The molecule has 0 spiro atoms. The van der Waals surface area contributed by atoms with Gasteiger partial charge in [0.05, 0.1) is 0 Å². The van der Waals surface area contributed by atoms with Crippen LogP contribution in [0.3, 0.4) is 0 Å². The number of hydrogen-bond acceptors (Lipinski definition) is 4. The zero-order chi connectivity index (χ0) is 13.5. The number of rotatable bonds is 3. The van der Waals surface area contributed by atoms with Crippen molar-refractivity contribution < 1.29 is 8.42 Å². The first-order valence-corrected chi connectivity index (χ1v) is 8.31. The predicted molar refractivity (Wildman–Crippen MR) is 78.5 cm³/mol. The fourth-order valence-corrected chi connectivity index (χ4v) is 4.46. The van der Waals surface area contributed by atoms with Crippen LogP contribution in [0.4, 0.5) is 11.4 Å². The Bertz CT molecular complexity index is 720. The molecule has 0 atom stereocenters. The molecule has 2 aromatic rings. The van der Waals surface area contributed by atoms with Gasteiger partial charge in [-0.25, -0.2) is 8.42 Å². The van der Waals surface area contributed by atoms with E-state index in [9.17, 15) is 8.42 Å². The summed E-state index contributed by atoms with van der Waals surface area (Å²) >= 11 is 1.28. The van der Waals surface area contributed by atoms with Gasteiger partial charge in [0.15, 0.2) is 0 Å². The molecule has 0 unspecified atom stereocenters. The minimum Gasteiger partial charge on any atom is -0.384 e. The van der Waals surface area contributed by atoms with Crippen LogP contribution in [0.1, 0.15) is 10.4 Å². The Morgan fingerprint density at radius 3 is 2.84 bits per heavy atom. The first-order valence-electron chi connectivity index (χ1n) is 6.01. The van der Waals surface area contributed by atoms with Crippen LogP contribution in [0, 0.1) is 6.92 Å². The van der Waals surface area contributed by atoms with Crippen molar-refractivity contribution in [2.45, 2.75) is 17.6 Å². The van der Waals surface area contributed by atoms with Gasteiger partial charge in [-0.15, -0.1) is 11.3 Å². The molecule has 4 nitrogen and oxygen atoms in total. The summed E-state index contributed by atoms with van der Waals surface area (Å²) in [6.45, 7) is 2.81. The maximum Gasteiger partial charge on any atom is 0.271 e. The molecule has 1 aromatic carbocycles. The Labute approximate surface area is 116 Å². The van der Waals surface area contributed by atoms with Crippen molar-refractivity contribution in [3.05, 3.63) is 40.8 Å². The molecule has 0 bridgehead atoms.